The zero-order valence-electron chi connectivity index (χ0n) is 12.8. The van der Waals surface area contributed by atoms with Crippen LogP contribution in [0.1, 0.15) is 32.6 Å². The second kappa shape index (κ2) is 8.29. The van der Waals surface area contributed by atoms with E-state index in [0.29, 0.717) is 10.2 Å². The first kappa shape index (κ1) is 17.7. The second-order valence-electron chi connectivity index (χ2n) is 5.49. The number of hydrogen-bond acceptors (Lipinski definition) is 4. The van der Waals surface area contributed by atoms with Crippen molar-refractivity contribution in [2.24, 2.45) is 0 Å². The average Bonchev–Trinajstić information content (AvgIpc) is 2.99. The summed E-state index contributed by atoms with van der Waals surface area (Å²) in [5.41, 5.74) is 0. The van der Waals surface area contributed by atoms with E-state index < -0.39 is 17.9 Å². The summed E-state index contributed by atoms with van der Waals surface area (Å²) in [6, 6.07) is 4.04. The summed E-state index contributed by atoms with van der Waals surface area (Å²) >= 11 is 3.14. The highest BCUT2D eigenvalue weighted by molar-refractivity contribution is 9.10. The number of ether oxygens (including phenoxy) is 2. The molecule has 0 aliphatic heterocycles. The highest BCUT2D eigenvalue weighted by Crippen LogP contribution is 2.25. The largest absolute Gasteiger partial charge is 0.481 e. The number of rotatable bonds is 6. The molecule has 1 aliphatic rings. The van der Waals surface area contributed by atoms with Gasteiger partial charge in [0.25, 0.3) is 5.91 Å². The molecule has 0 aromatic heterocycles. The third-order valence-corrected chi connectivity index (χ3v) is 4.24. The maximum atomic E-state index is 13.0. The molecule has 0 spiro atoms. The highest BCUT2D eigenvalue weighted by atomic mass is 79.9. The molecule has 1 fully saturated rings. The van der Waals surface area contributed by atoms with Gasteiger partial charge in [0.1, 0.15) is 11.6 Å². The quantitative estimate of drug-likeness (QED) is 0.762. The molecular weight excluding hydrogens is 369 g/mol. The van der Waals surface area contributed by atoms with Gasteiger partial charge in [0.05, 0.1) is 4.47 Å². The second-order valence-corrected chi connectivity index (χ2v) is 6.34. The molecule has 1 N–H and O–H groups in total. The molecule has 5 nitrogen and oxygen atoms in total. The Bertz CT molecular complexity index is 575. The number of benzene rings is 1. The molecular formula is C16H19BrFNO4. The summed E-state index contributed by atoms with van der Waals surface area (Å²) in [5, 5.41) is 2.87. The van der Waals surface area contributed by atoms with Crippen molar-refractivity contribution in [3.8, 4) is 5.75 Å². The van der Waals surface area contributed by atoms with Crippen LogP contribution in [-0.4, -0.2) is 30.6 Å². The molecule has 0 unspecified atom stereocenters. The Balaban J connectivity index is 1.75. The van der Waals surface area contributed by atoms with Crippen molar-refractivity contribution in [1.29, 1.82) is 0 Å². The lowest BCUT2D eigenvalue weighted by Gasteiger charge is -2.17. The Morgan fingerprint density at radius 3 is 2.74 bits per heavy atom. The van der Waals surface area contributed by atoms with E-state index >= 15 is 0 Å². The Morgan fingerprint density at radius 1 is 1.39 bits per heavy atom. The van der Waals surface area contributed by atoms with Gasteiger partial charge in [0.15, 0.2) is 12.7 Å². The fourth-order valence-corrected chi connectivity index (χ4v) is 2.87. The van der Waals surface area contributed by atoms with Crippen LogP contribution in [0.5, 0.6) is 5.75 Å². The maximum Gasteiger partial charge on any atom is 0.344 e. The highest BCUT2D eigenvalue weighted by Gasteiger charge is 2.23. The lowest BCUT2D eigenvalue weighted by molar-refractivity contribution is -0.156. The molecule has 2 rings (SSSR count). The van der Waals surface area contributed by atoms with Gasteiger partial charge in [-0.25, -0.2) is 9.18 Å². The zero-order valence-corrected chi connectivity index (χ0v) is 14.4. The van der Waals surface area contributed by atoms with E-state index in [1.54, 1.807) is 0 Å². The summed E-state index contributed by atoms with van der Waals surface area (Å²) in [6.07, 6.45) is 3.28. The van der Waals surface area contributed by atoms with Crippen molar-refractivity contribution in [2.45, 2.75) is 44.8 Å². The first-order valence-electron chi connectivity index (χ1n) is 7.53. The summed E-state index contributed by atoms with van der Waals surface area (Å²) in [4.78, 5) is 23.7. The molecule has 0 saturated heterocycles. The Kier molecular flexibility index (Phi) is 6.38. The number of nitrogens with one attached hydrogen (secondary N) is 1. The van der Waals surface area contributed by atoms with Gasteiger partial charge in [-0.3, -0.25) is 4.79 Å². The normalized spacial score (nSPS) is 16.0. The third-order valence-electron chi connectivity index (χ3n) is 3.62. The topological polar surface area (TPSA) is 64.6 Å². The van der Waals surface area contributed by atoms with Gasteiger partial charge in [-0.05, 0) is 53.9 Å². The molecule has 0 heterocycles. The minimum Gasteiger partial charge on any atom is -0.481 e. The smallest absolute Gasteiger partial charge is 0.344 e. The lowest BCUT2D eigenvalue weighted by atomic mass is 10.2. The van der Waals surface area contributed by atoms with Crippen LogP contribution < -0.4 is 10.1 Å². The van der Waals surface area contributed by atoms with Crippen LogP contribution in [0, 0.1) is 5.82 Å². The fourth-order valence-electron chi connectivity index (χ4n) is 2.40. The van der Waals surface area contributed by atoms with E-state index in [2.05, 4.69) is 21.2 Å². The van der Waals surface area contributed by atoms with E-state index in [-0.39, 0.29) is 18.6 Å². The van der Waals surface area contributed by atoms with Gasteiger partial charge in [0.2, 0.25) is 0 Å². The Labute approximate surface area is 142 Å². The van der Waals surface area contributed by atoms with Gasteiger partial charge in [-0.2, -0.15) is 0 Å². The molecule has 1 aromatic carbocycles. The summed E-state index contributed by atoms with van der Waals surface area (Å²) < 4.78 is 23.6. The molecule has 1 aromatic rings. The lowest BCUT2D eigenvalue weighted by Crippen LogP contribution is -2.41. The van der Waals surface area contributed by atoms with Crippen LogP contribution in [0.4, 0.5) is 4.39 Å². The van der Waals surface area contributed by atoms with E-state index in [1.807, 2.05) is 0 Å². The van der Waals surface area contributed by atoms with Crippen molar-refractivity contribution in [3.63, 3.8) is 0 Å². The number of esters is 1. The summed E-state index contributed by atoms with van der Waals surface area (Å²) in [6.45, 7) is 1.17. The first-order chi connectivity index (χ1) is 11.0. The molecule has 1 atom stereocenters. The predicted molar refractivity (Wildman–Crippen MR) is 85.5 cm³/mol. The van der Waals surface area contributed by atoms with Crippen LogP contribution >= 0.6 is 15.9 Å². The van der Waals surface area contributed by atoms with E-state index in [0.717, 1.165) is 25.7 Å². The van der Waals surface area contributed by atoms with Crippen LogP contribution in [0.3, 0.4) is 0 Å². The molecule has 0 radical (unpaired) electrons. The van der Waals surface area contributed by atoms with Crippen LogP contribution in [0.25, 0.3) is 0 Å². The SMILES string of the molecule is C[C@@H](OC(=O)COc1ccc(F)cc1Br)C(=O)NC1CCCC1. The molecule has 126 valence electrons. The number of halogens is 2. The van der Waals surface area contributed by atoms with Gasteiger partial charge < -0.3 is 14.8 Å². The monoisotopic (exact) mass is 387 g/mol. The number of carbonyl (C=O) groups excluding carboxylic acids is 2. The van der Waals surface area contributed by atoms with Crippen molar-refractivity contribution in [2.75, 3.05) is 6.61 Å². The number of carbonyl (C=O) groups is 2. The fraction of sp³-hybridized carbons (Fsp3) is 0.500. The first-order valence-corrected chi connectivity index (χ1v) is 8.32. The van der Waals surface area contributed by atoms with Gasteiger partial charge in [-0.1, -0.05) is 12.8 Å². The molecule has 7 heteroatoms. The van der Waals surface area contributed by atoms with Gasteiger partial charge in [-0.15, -0.1) is 0 Å². The third kappa shape index (κ3) is 5.49. The van der Waals surface area contributed by atoms with Crippen LogP contribution in [0.2, 0.25) is 0 Å². The zero-order chi connectivity index (χ0) is 16.8. The standard InChI is InChI=1S/C16H19BrFNO4/c1-10(16(21)19-12-4-2-3-5-12)23-15(20)9-22-14-7-6-11(18)8-13(14)17/h6-8,10,12H,2-5,9H2,1H3,(H,19,21)/t10-/m1/s1. The Hall–Kier alpha value is -1.63. The van der Waals surface area contributed by atoms with Gasteiger partial charge >= 0.3 is 5.97 Å². The molecule has 1 aliphatic carbocycles. The average molecular weight is 388 g/mol. The summed E-state index contributed by atoms with van der Waals surface area (Å²) in [7, 11) is 0. The molecule has 1 amide bonds. The van der Waals surface area contributed by atoms with Crippen molar-refractivity contribution < 1.29 is 23.5 Å². The van der Waals surface area contributed by atoms with Crippen LogP contribution in [-0.2, 0) is 14.3 Å². The van der Waals surface area contributed by atoms with E-state index in [9.17, 15) is 14.0 Å². The van der Waals surface area contributed by atoms with Gasteiger partial charge in [0, 0.05) is 6.04 Å². The maximum absolute atomic E-state index is 13.0. The van der Waals surface area contributed by atoms with E-state index in [4.69, 9.17) is 9.47 Å². The van der Waals surface area contributed by atoms with Crippen molar-refractivity contribution in [1.82, 2.24) is 5.32 Å². The van der Waals surface area contributed by atoms with E-state index in [1.165, 1.54) is 25.1 Å². The number of amides is 1. The number of hydrogen-bond donors (Lipinski definition) is 1. The van der Waals surface area contributed by atoms with Crippen molar-refractivity contribution >= 4 is 27.8 Å². The molecule has 1 saturated carbocycles. The summed E-state index contributed by atoms with van der Waals surface area (Å²) in [5.74, 6) is -1.04. The minimum atomic E-state index is -0.872. The van der Waals surface area contributed by atoms with Crippen molar-refractivity contribution in [3.05, 3.63) is 28.5 Å². The predicted octanol–water partition coefficient (Wildman–Crippen LogP) is 2.96. The Morgan fingerprint density at radius 2 is 2.09 bits per heavy atom. The molecule has 0 bridgehead atoms. The molecule has 23 heavy (non-hydrogen) atoms. The van der Waals surface area contributed by atoms with Crippen LogP contribution in [0.15, 0.2) is 22.7 Å². The minimum absolute atomic E-state index is 0.176.